The molecule has 1 amide bonds. The number of pyridine rings is 1. The lowest BCUT2D eigenvalue weighted by atomic mass is 10.1. The monoisotopic (exact) mass is 352 g/mol. The summed E-state index contributed by atoms with van der Waals surface area (Å²) in [5.41, 5.74) is 10.4. The standard InChI is InChI=1S/C16H12F4N4O/c17-12-10(13(18)15(20)24-14(12)19)6-3-8-1-4-9(5-2-8)23-16(25)11(22)7-21/h1-2,4-5,11H,7,21-22H2,(H,23,25)/t11-/m0/s1. The molecule has 0 saturated carbocycles. The zero-order valence-corrected chi connectivity index (χ0v) is 12.6. The number of halogens is 4. The van der Waals surface area contributed by atoms with E-state index < -0.39 is 41.0 Å². The molecule has 1 aromatic carbocycles. The summed E-state index contributed by atoms with van der Waals surface area (Å²) in [4.78, 5) is 14.0. The first-order valence-corrected chi connectivity index (χ1v) is 6.92. The Morgan fingerprint density at radius 3 is 2.16 bits per heavy atom. The van der Waals surface area contributed by atoms with Gasteiger partial charge in [0.15, 0.2) is 11.6 Å². The molecule has 1 aromatic heterocycles. The molecular formula is C16H12F4N4O. The van der Waals surface area contributed by atoms with Crippen molar-refractivity contribution in [3.05, 3.63) is 58.9 Å². The highest BCUT2D eigenvalue weighted by atomic mass is 19.2. The van der Waals surface area contributed by atoms with E-state index in [1.165, 1.54) is 24.3 Å². The van der Waals surface area contributed by atoms with Crippen LogP contribution < -0.4 is 16.8 Å². The molecule has 1 atom stereocenters. The number of hydrogen-bond donors (Lipinski definition) is 3. The Morgan fingerprint density at radius 1 is 1.08 bits per heavy atom. The fourth-order valence-corrected chi connectivity index (χ4v) is 1.71. The Balaban J connectivity index is 2.21. The number of rotatable bonds is 3. The Kier molecular flexibility index (Phi) is 5.69. The maximum absolute atomic E-state index is 13.4. The molecule has 9 heteroatoms. The van der Waals surface area contributed by atoms with Gasteiger partial charge in [-0.25, -0.2) is 8.78 Å². The normalized spacial score (nSPS) is 11.4. The molecule has 5 nitrogen and oxygen atoms in total. The molecule has 2 rings (SSSR count). The highest BCUT2D eigenvalue weighted by Crippen LogP contribution is 2.16. The lowest BCUT2D eigenvalue weighted by molar-refractivity contribution is -0.117. The van der Waals surface area contributed by atoms with Crippen molar-refractivity contribution in [2.24, 2.45) is 11.5 Å². The molecule has 2 aromatic rings. The number of benzene rings is 1. The summed E-state index contributed by atoms with van der Waals surface area (Å²) in [7, 11) is 0. The number of hydrogen-bond acceptors (Lipinski definition) is 4. The predicted molar refractivity (Wildman–Crippen MR) is 82.2 cm³/mol. The summed E-state index contributed by atoms with van der Waals surface area (Å²) in [6.45, 7) is -0.0222. The van der Waals surface area contributed by atoms with Gasteiger partial charge in [-0.05, 0) is 24.3 Å². The van der Waals surface area contributed by atoms with Gasteiger partial charge in [-0.1, -0.05) is 11.8 Å². The van der Waals surface area contributed by atoms with Crippen molar-refractivity contribution in [1.29, 1.82) is 0 Å². The van der Waals surface area contributed by atoms with Gasteiger partial charge in [-0.15, -0.1) is 0 Å². The number of aromatic nitrogens is 1. The number of anilines is 1. The van der Waals surface area contributed by atoms with Gasteiger partial charge < -0.3 is 16.8 Å². The van der Waals surface area contributed by atoms with Crippen LogP contribution in [-0.2, 0) is 4.79 Å². The number of carbonyl (C=O) groups is 1. The number of carbonyl (C=O) groups excluding carboxylic acids is 1. The highest BCUT2D eigenvalue weighted by molar-refractivity contribution is 5.94. The summed E-state index contributed by atoms with van der Waals surface area (Å²) < 4.78 is 52.9. The molecule has 5 N–H and O–H groups in total. The van der Waals surface area contributed by atoms with Gasteiger partial charge in [-0.3, -0.25) is 4.79 Å². The molecule has 25 heavy (non-hydrogen) atoms. The van der Waals surface area contributed by atoms with Crippen molar-refractivity contribution < 1.29 is 22.4 Å². The summed E-state index contributed by atoms with van der Waals surface area (Å²) in [6, 6.07) is 4.93. The second kappa shape index (κ2) is 7.74. The molecule has 0 fully saturated rings. The zero-order chi connectivity index (χ0) is 18.6. The molecular weight excluding hydrogens is 340 g/mol. The minimum absolute atomic E-state index is 0.0222. The fourth-order valence-electron chi connectivity index (χ4n) is 1.71. The fraction of sp³-hybridized carbons (Fsp3) is 0.125. The van der Waals surface area contributed by atoms with E-state index in [2.05, 4.69) is 16.2 Å². The van der Waals surface area contributed by atoms with Crippen LogP contribution in [0.5, 0.6) is 0 Å². The molecule has 0 aliphatic rings. The summed E-state index contributed by atoms with van der Waals surface area (Å²) in [5.74, 6) is -3.00. The Labute approximate surface area is 140 Å². The molecule has 0 aliphatic heterocycles. The van der Waals surface area contributed by atoms with E-state index in [1.807, 2.05) is 5.92 Å². The van der Waals surface area contributed by atoms with Crippen molar-refractivity contribution in [3.8, 4) is 11.8 Å². The summed E-state index contributed by atoms with van der Waals surface area (Å²) >= 11 is 0. The molecule has 0 bridgehead atoms. The molecule has 0 aliphatic carbocycles. The summed E-state index contributed by atoms with van der Waals surface area (Å²) in [6.07, 6.45) is 0. The lowest BCUT2D eigenvalue weighted by Crippen LogP contribution is -2.41. The van der Waals surface area contributed by atoms with Crippen LogP contribution >= 0.6 is 0 Å². The van der Waals surface area contributed by atoms with E-state index in [0.717, 1.165) is 0 Å². The van der Waals surface area contributed by atoms with Gasteiger partial charge >= 0.3 is 0 Å². The van der Waals surface area contributed by atoms with E-state index in [-0.39, 0.29) is 12.1 Å². The Morgan fingerprint density at radius 2 is 1.64 bits per heavy atom. The second-order valence-electron chi connectivity index (χ2n) is 4.86. The predicted octanol–water partition coefficient (Wildman–Crippen LogP) is 1.26. The van der Waals surface area contributed by atoms with Gasteiger partial charge in [0.2, 0.25) is 5.91 Å². The molecule has 1 heterocycles. The van der Waals surface area contributed by atoms with Crippen LogP contribution in [-0.4, -0.2) is 23.5 Å². The minimum atomic E-state index is -1.78. The van der Waals surface area contributed by atoms with Crippen molar-refractivity contribution in [2.75, 3.05) is 11.9 Å². The maximum Gasteiger partial charge on any atom is 0.253 e. The van der Waals surface area contributed by atoms with E-state index in [0.29, 0.717) is 5.69 Å². The van der Waals surface area contributed by atoms with Crippen LogP contribution in [0.25, 0.3) is 0 Å². The first-order chi connectivity index (χ1) is 11.8. The molecule has 130 valence electrons. The van der Waals surface area contributed by atoms with Crippen molar-refractivity contribution in [2.45, 2.75) is 6.04 Å². The Hall–Kier alpha value is -2.96. The Bertz CT molecular complexity index is 833. The van der Waals surface area contributed by atoms with E-state index in [4.69, 9.17) is 11.5 Å². The third kappa shape index (κ3) is 4.32. The SMILES string of the molecule is NC[C@H](N)C(=O)Nc1ccc(C#Cc2c(F)c(F)nc(F)c2F)cc1. The van der Waals surface area contributed by atoms with E-state index in [1.54, 1.807) is 0 Å². The van der Waals surface area contributed by atoms with Gasteiger partial charge in [0, 0.05) is 17.8 Å². The number of amides is 1. The smallest absolute Gasteiger partial charge is 0.253 e. The third-order valence-electron chi connectivity index (χ3n) is 3.07. The summed E-state index contributed by atoms with van der Waals surface area (Å²) in [5, 5.41) is 2.51. The lowest BCUT2D eigenvalue weighted by Gasteiger charge is -2.09. The third-order valence-corrected chi connectivity index (χ3v) is 3.07. The average Bonchev–Trinajstić information content (AvgIpc) is 2.60. The zero-order valence-electron chi connectivity index (χ0n) is 12.6. The van der Waals surface area contributed by atoms with Gasteiger partial charge in [-0.2, -0.15) is 13.8 Å². The second-order valence-corrected chi connectivity index (χ2v) is 4.86. The number of nitrogens with one attached hydrogen (secondary N) is 1. The van der Waals surface area contributed by atoms with Gasteiger partial charge in [0.05, 0.1) is 6.04 Å². The molecule has 0 unspecified atom stereocenters. The van der Waals surface area contributed by atoms with Crippen LogP contribution in [0.3, 0.4) is 0 Å². The molecule has 0 radical (unpaired) electrons. The average molecular weight is 352 g/mol. The van der Waals surface area contributed by atoms with Crippen molar-refractivity contribution in [1.82, 2.24) is 4.98 Å². The van der Waals surface area contributed by atoms with Crippen LogP contribution in [0.1, 0.15) is 11.1 Å². The largest absolute Gasteiger partial charge is 0.328 e. The van der Waals surface area contributed by atoms with Gasteiger partial charge in [0.25, 0.3) is 11.9 Å². The maximum atomic E-state index is 13.4. The van der Waals surface area contributed by atoms with Crippen LogP contribution in [0.4, 0.5) is 23.2 Å². The van der Waals surface area contributed by atoms with Crippen molar-refractivity contribution in [3.63, 3.8) is 0 Å². The molecule has 0 spiro atoms. The first-order valence-electron chi connectivity index (χ1n) is 6.92. The van der Waals surface area contributed by atoms with E-state index in [9.17, 15) is 22.4 Å². The first kappa shape index (κ1) is 18.4. The highest BCUT2D eigenvalue weighted by Gasteiger charge is 2.19. The van der Waals surface area contributed by atoms with Crippen molar-refractivity contribution >= 4 is 11.6 Å². The molecule has 0 saturated heterocycles. The minimum Gasteiger partial charge on any atom is -0.328 e. The topological polar surface area (TPSA) is 94.0 Å². The van der Waals surface area contributed by atoms with Crippen LogP contribution in [0.2, 0.25) is 0 Å². The van der Waals surface area contributed by atoms with E-state index >= 15 is 0 Å². The number of nitrogens with two attached hydrogens (primary N) is 2. The van der Waals surface area contributed by atoms with Crippen LogP contribution in [0, 0.1) is 35.4 Å². The van der Waals surface area contributed by atoms with Gasteiger partial charge in [0.1, 0.15) is 5.56 Å². The van der Waals surface area contributed by atoms with Crippen LogP contribution in [0.15, 0.2) is 24.3 Å². The number of nitrogens with zero attached hydrogens (tertiary/aromatic N) is 1. The quantitative estimate of drug-likeness (QED) is 0.440.